The Kier molecular flexibility index (Phi) is 2.82. The van der Waals surface area contributed by atoms with Crippen LogP contribution in [0.1, 0.15) is 11.5 Å². The maximum atomic E-state index is 8.99. The minimum atomic E-state index is -0.358. The lowest BCUT2D eigenvalue weighted by atomic mass is 9.90. The Morgan fingerprint density at radius 3 is 2.89 bits per heavy atom. The monoisotopic (exact) mass is 248 g/mol. The lowest BCUT2D eigenvalue weighted by molar-refractivity contribution is 0.634. The van der Waals surface area contributed by atoms with Gasteiger partial charge in [-0.1, -0.05) is 24.3 Å². The van der Waals surface area contributed by atoms with Crippen molar-refractivity contribution in [1.82, 2.24) is 4.98 Å². The summed E-state index contributed by atoms with van der Waals surface area (Å²) in [4.78, 5) is 8.52. The molecule has 4 nitrogen and oxygen atoms in total. The Morgan fingerprint density at radius 2 is 2.05 bits per heavy atom. The van der Waals surface area contributed by atoms with E-state index in [9.17, 15) is 0 Å². The predicted octanol–water partition coefficient (Wildman–Crippen LogP) is 2.14. The van der Waals surface area contributed by atoms with E-state index in [0.29, 0.717) is 5.57 Å². The highest BCUT2D eigenvalue weighted by atomic mass is 14.9. The number of pyridine rings is 1. The second kappa shape index (κ2) is 4.63. The molecule has 0 radical (unpaired) electrons. The molecule has 0 fully saturated rings. The molecule has 0 spiro atoms. The van der Waals surface area contributed by atoms with E-state index in [4.69, 9.17) is 11.0 Å². The predicted molar refractivity (Wildman–Crippen MR) is 74.6 cm³/mol. The molecular weight excluding hydrogens is 236 g/mol. The summed E-state index contributed by atoms with van der Waals surface area (Å²) in [5.74, 6) is -0.0902. The van der Waals surface area contributed by atoms with Crippen molar-refractivity contribution < 1.29 is 0 Å². The second-order valence-electron chi connectivity index (χ2n) is 4.45. The summed E-state index contributed by atoms with van der Waals surface area (Å²) in [6.45, 7) is 0. The molecule has 2 heterocycles. The lowest BCUT2D eigenvalue weighted by Crippen LogP contribution is -2.28. The number of fused-ring (bicyclic) bond motifs is 1. The largest absolute Gasteiger partial charge is 0.309 e. The zero-order valence-corrected chi connectivity index (χ0v) is 10.2. The van der Waals surface area contributed by atoms with Gasteiger partial charge in [0.15, 0.2) is 0 Å². The highest BCUT2D eigenvalue weighted by Crippen LogP contribution is 2.30. The van der Waals surface area contributed by atoms with Crippen LogP contribution in [-0.4, -0.2) is 17.4 Å². The van der Waals surface area contributed by atoms with Crippen LogP contribution in [-0.2, 0) is 0 Å². The number of para-hydroxylation sites is 1. The molecule has 4 heteroatoms. The summed E-state index contributed by atoms with van der Waals surface area (Å²) in [7, 11) is 0. The maximum Gasteiger partial charge on any atom is 0.107 e. The summed E-state index contributed by atoms with van der Waals surface area (Å²) in [6, 6.07) is 12.0. The van der Waals surface area contributed by atoms with E-state index in [1.807, 2.05) is 36.4 Å². The molecule has 1 aliphatic heterocycles. The van der Waals surface area contributed by atoms with Gasteiger partial charge in [-0.05, 0) is 17.7 Å². The number of benzene rings is 1. The SMILES string of the molecule is N#CC1=CC(c2ccnc3ccccc23)C(N)N=C1. The van der Waals surface area contributed by atoms with Crippen molar-refractivity contribution in [2.24, 2.45) is 10.7 Å². The van der Waals surface area contributed by atoms with Crippen LogP contribution in [0.5, 0.6) is 0 Å². The van der Waals surface area contributed by atoms with Gasteiger partial charge in [-0.3, -0.25) is 9.98 Å². The number of nitrogens with two attached hydrogens (primary N) is 1. The fourth-order valence-electron chi connectivity index (χ4n) is 2.34. The zero-order valence-electron chi connectivity index (χ0n) is 10.2. The molecule has 19 heavy (non-hydrogen) atoms. The van der Waals surface area contributed by atoms with Gasteiger partial charge in [-0.2, -0.15) is 5.26 Å². The highest BCUT2D eigenvalue weighted by Gasteiger charge is 2.22. The Balaban J connectivity index is 2.17. The molecule has 0 saturated heterocycles. The molecule has 3 rings (SSSR count). The first-order chi connectivity index (χ1) is 9.29. The number of hydrogen-bond donors (Lipinski definition) is 1. The molecule has 0 bridgehead atoms. The highest BCUT2D eigenvalue weighted by molar-refractivity contribution is 5.87. The molecule has 0 saturated carbocycles. The van der Waals surface area contributed by atoms with E-state index in [1.165, 1.54) is 6.21 Å². The molecule has 0 amide bonds. The Hall–Kier alpha value is -2.51. The van der Waals surface area contributed by atoms with Crippen LogP contribution < -0.4 is 5.73 Å². The molecule has 2 N–H and O–H groups in total. The maximum absolute atomic E-state index is 8.99. The number of hydrogen-bond acceptors (Lipinski definition) is 4. The fraction of sp³-hybridized carbons (Fsp3) is 0.133. The third kappa shape index (κ3) is 2.01. The Morgan fingerprint density at radius 1 is 1.21 bits per heavy atom. The van der Waals surface area contributed by atoms with Gasteiger partial charge in [0, 0.05) is 23.7 Å². The van der Waals surface area contributed by atoms with Crippen molar-refractivity contribution in [3.63, 3.8) is 0 Å². The van der Waals surface area contributed by atoms with Crippen molar-refractivity contribution >= 4 is 17.1 Å². The van der Waals surface area contributed by atoms with E-state index >= 15 is 0 Å². The van der Waals surface area contributed by atoms with E-state index in [2.05, 4.69) is 16.0 Å². The normalized spacial score (nSPS) is 22.0. The molecule has 2 unspecified atom stereocenters. The molecule has 92 valence electrons. The number of nitriles is 1. The molecule has 2 aromatic rings. The average molecular weight is 248 g/mol. The standard InChI is InChI=1S/C15H12N4/c16-8-10-7-13(15(17)19-9-10)11-5-6-18-14-4-2-1-3-12(11)14/h1-7,9,13,15H,17H2. The van der Waals surface area contributed by atoms with Gasteiger partial charge in [-0.15, -0.1) is 0 Å². The second-order valence-corrected chi connectivity index (χ2v) is 4.45. The van der Waals surface area contributed by atoms with Crippen molar-refractivity contribution in [3.05, 3.63) is 53.7 Å². The minimum absolute atomic E-state index is 0.0902. The first kappa shape index (κ1) is 11.6. The molecule has 1 aromatic carbocycles. The Bertz CT molecular complexity index is 719. The summed E-state index contributed by atoms with van der Waals surface area (Å²) in [5.41, 5.74) is 8.58. The number of aromatic nitrogens is 1. The number of nitrogens with zero attached hydrogens (tertiary/aromatic N) is 3. The smallest absolute Gasteiger partial charge is 0.107 e. The molecule has 1 aromatic heterocycles. The molecule has 0 aliphatic carbocycles. The van der Waals surface area contributed by atoms with Gasteiger partial charge in [0.05, 0.1) is 11.1 Å². The van der Waals surface area contributed by atoms with Crippen molar-refractivity contribution in [1.29, 1.82) is 5.26 Å². The van der Waals surface area contributed by atoms with Gasteiger partial charge in [0.2, 0.25) is 0 Å². The van der Waals surface area contributed by atoms with Crippen LogP contribution >= 0.6 is 0 Å². The van der Waals surface area contributed by atoms with Crippen LogP contribution in [0.3, 0.4) is 0 Å². The molecular formula is C15H12N4. The fourth-order valence-corrected chi connectivity index (χ4v) is 2.34. The Labute approximate surface area is 110 Å². The van der Waals surface area contributed by atoms with E-state index in [0.717, 1.165) is 16.5 Å². The van der Waals surface area contributed by atoms with Crippen LogP contribution in [0.15, 0.2) is 53.2 Å². The summed E-state index contributed by atoms with van der Waals surface area (Å²) < 4.78 is 0. The third-order valence-corrected chi connectivity index (χ3v) is 3.28. The average Bonchev–Trinajstić information content (AvgIpc) is 2.47. The quantitative estimate of drug-likeness (QED) is 0.840. The number of dihydropyridines is 1. The topological polar surface area (TPSA) is 75.1 Å². The third-order valence-electron chi connectivity index (χ3n) is 3.28. The van der Waals surface area contributed by atoms with Gasteiger partial charge in [0.25, 0.3) is 0 Å². The summed E-state index contributed by atoms with van der Waals surface area (Å²) in [6.07, 6.45) is 4.81. The zero-order chi connectivity index (χ0) is 13.2. The number of aliphatic imine (C=N–C) groups is 1. The van der Waals surface area contributed by atoms with Crippen molar-refractivity contribution in [2.45, 2.75) is 12.1 Å². The van der Waals surface area contributed by atoms with Crippen LogP contribution in [0.4, 0.5) is 0 Å². The van der Waals surface area contributed by atoms with Crippen LogP contribution in [0.2, 0.25) is 0 Å². The van der Waals surface area contributed by atoms with Gasteiger partial charge in [-0.25, -0.2) is 0 Å². The van der Waals surface area contributed by atoms with E-state index in [-0.39, 0.29) is 12.1 Å². The van der Waals surface area contributed by atoms with Gasteiger partial charge < -0.3 is 5.73 Å². The van der Waals surface area contributed by atoms with Gasteiger partial charge >= 0.3 is 0 Å². The number of rotatable bonds is 1. The minimum Gasteiger partial charge on any atom is -0.309 e. The molecule has 2 atom stereocenters. The van der Waals surface area contributed by atoms with Gasteiger partial charge in [0.1, 0.15) is 12.2 Å². The summed E-state index contributed by atoms with van der Waals surface area (Å²) in [5, 5.41) is 10.0. The van der Waals surface area contributed by atoms with Crippen molar-refractivity contribution in [3.8, 4) is 6.07 Å². The first-order valence-corrected chi connectivity index (χ1v) is 6.04. The van der Waals surface area contributed by atoms with Crippen molar-refractivity contribution in [2.75, 3.05) is 0 Å². The number of allylic oxidation sites excluding steroid dienone is 1. The first-order valence-electron chi connectivity index (χ1n) is 6.04. The van der Waals surface area contributed by atoms with Crippen LogP contribution in [0, 0.1) is 11.3 Å². The molecule has 1 aliphatic rings. The van der Waals surface area contributed by atoms with E-state index < -0.39 is 0 Å². The summed E-state index contributed by atoms with van der Waals surface area (Å²) >= 11 is 0. The lowest BCUT2D eigenvalue weighted by Gasteiger charge is -2.22. The van der Waals surface area contributed by atoms with Crippen LogP contribution in [0.25, 0.3) is 10.9 Å². The van der Waals surface area contributed by atoms with E-state index in [1.54, 1.807) is 6.20 Å².